The van der Waals surface area contributed by atoms with Crippen molar-refractivity contribution in [3.05, 3.63) is 0 Å². The van der Waals surface area contributed by atoms with Gasteiger partial charge >= 0.3 is 52.6 Å². The molecule has 0 aliphatic heterocycles. The average Bonchev–Trinajstić information content (AvgIpc) is 2.36. The minimum absolute atomic E-state index is 0. The molecule has 0 spiro atoms. The van der Waals surface area contributed by atoms with Gasteiger partial charge in [0.25, 0.3) is 0 Å². The second kappa shape index (κ2) is 8.31. The molecule has 0 aromatic carbocycles. The molecule has 0 saturated heterocycles. The van der Waals surface area contributed by atoms with E-state index in [0.29, 0.717) is 6.42 Å². The number of halogens is 9. The zero-order valence-corrected chi connectivity index (χ0v) is 15.3. The van der Waals surface area contributed by atoms with Crippen LogP contribution >= 0.6 is 0 Å². The summed E-state index contributed by atoms with van der Waals surface area (Å²) in [4.78, 5) is 0. The van der Waals surface area contributed by atoms with Crippen LogP contribution in [0.4, 0.5) is 39.5 Å². The molecule has 0 aromatic rings. The van der Waals surface area contributed by atoms with Gasteiger partial charge in [-0.2, -0.15) is 35.1 Å². The maximum Gasteiger partial charge on any atom is 1.00 e. The van der Waals surface area contributed by atoms with E-state index in [1.807, 2.05) is 0 Å². The van der Waals surface area contributed by atoms with Crippen LogP contribution in [-0.2, 0) is 10.1 Å². The van der Waals surface area contributed by atoms with Gasteiger partial charge in [0.1, 0.15) is 0 Å². The van der Waals surface area contributed by atoms with Crippen molar-refractivity contribution >= 4 is 10.1 Å². The van der Waals surface area contributed by atoms with Crippen LogP contribution in [-0.4, -0.2) is 42.2 Å². The molecule has 0 bridgehead atoms. The van der Waals surface area contributed by atoms with Gasteiger partial charge in [-0.25, -0.2) is 12.8 Å². The number of hydrogen-bond acceptors (Lipinski definition) is 3. The minimum atomic E-state index is -7.42. The summed E-state index contributed by atoms with van der Waals surface area (Å²) < 4.78 is 147. The first-order valence-corrected chi connectivity index (χ1v) is 7.50. The molecule has 0 N–H and O–H groups in total. The SMILES string of the molecule is CCCCCC(F)C(F)(F)C(F)(F)C(F)(F)C(F)(F)S(=O)(=O)[O-].[Na+]. The first kappa shape index (κ1) is 26.5. The van der Waals surface area contributed by atoms with E-state index in [1.54, 1.807) is 0 Å². The third kappa shape index (κ3) is 4.51. The summed E-state index contributed by atoms with van der Waals surface area (Å²) in [6.07, 6.45) is -5.31. The Morgan fingerprint density at radius 2 is 1.33 bits per heavy atom. The fraction of sp³-hybridized carbons (Fsp3) is 1.00. The maximum atomic E-state index is 13.2. The van der Waals surface area contributed by atoms with E-state index in [-0.39, 0.29) is 36.0 Å². The molecular weight excluding hydrogens is 394 g/mol. The zero-order chi connectivity index (χ0) is 18.9. The van der Waals surface area contributed by atoms with Crippen molar-refractivity contribution in [2.45, 2.75) is 61.8 Å². The molecule has 0 aromatic heterocycles. The molecule has 0 heterocycles. The minimum Gasteiger partial charge on any atom is -0.743 e. The second-order valence-corrected chi connectivity index (χ2v) is 6.13. The van der Waals surface area contributed by atoms with Crippen molar-refractivity contribution in [1.82, 2.24) is 0 Å². The molecule has 0 rings (SSSR count). The van der Waals surface area contributed by atoms with E-state index in [0.717, 1.165) is 0 Å². The number of rotatable bonds is 9. The van der Waals surface area contributed by atoms with E-state index in [1.165, 1.54) is 6.92 Å². The fourth-order valence-electron chi connectivity index (χ4n) is 1.50. The quantitative estimate of drug-likeness (QED) is 0.248. The molecule has 0 amide bonds. The summed E-state index contributed by atoms with van der Waals surface area (Å²) in [6.45, 7) is 1.52. The average molecular weight is 406 g/mol. The van der Waals surface area contributed by atoms with Crippen LogP contribution in [0.5, 0.6) is 0 Å². The van der Waals surface area contributed by atoms with E-state index in [4.69, 9.17) is 0 Å². The van der Waals surface area contributed by atoms with Gasteiger partial charge in [0.05, 0.1) is 0 Å². The first-order chi connectivity index (χ1) is 9.98. The third-order valence-electron chi connectivity index (χ3n) is 2.95. The molecule has 0 saturated carbocycles. The van der Waals surface area contributed by atoms with Crippen LogP contribution in [0.15, 0.2) is 0 Å². The van der Waals surface area contributed by atoms with Gasteiger partial charge in [0, 0.05) is 0 Å². The van der Waals surface area contributed by atoms with Crippen LogP contribution in [0, 0.1) is 0 Å². The van der Waals surface area contributed by atoms with E-state index >= 15 is 0 Å². The smallest absolute Gasteiger partial charge is 0.743 e. The van der Waals surface area contributed by atoms with Crippen molar-refractivity contribution in [2.24, 2.45) is 0 Å². The molecule has 1 atom stereocenters. The van der Waals surface area contributed by atoms with Gasteiger partial charge < -0.3 is 4.55 Å². The summed E-state index contributed by atoms with van der Waals surface area (Å²) in [6, 6.07) is 0. The topological polar surface area (TPSA) is 57.2 Å². The zero-order valence-electron chi connectivity index (χ0n) is 12.4. The monoisotopic (exact) mass is 406 g/mol. The van der Waals surface area contributed by atoms with E-state index < -0.39 is 52.2 Å². The van der Waals surface area contributed by atoms with Crippen molar-refractivity contribution in [2.75, 3.05) is 0 Å². The first-order valence-electron chi connectivity index (χ1n) is 6.09. The standard InChI is InChI=1S/C10H13F9O3S.Na/c1-2-3-4-5-6(11)7(12,13)8(14,15)9(16,17)10(18,19)23(20,21)22;/h6H,2-5H2,1H3,(H,20,21,22);/q;+1/p-1. The van der Waals surface area contributed by atoms with E-state index in [2.05, 4.69) is 0 Å². The van der Waals surface area contributed by atoms with Crippen molar-refractivity contribution in [1.29, 1.82) is 0 Å². The largest absolute Gasteiger partial charge is 1.00 e. The van der Waals surface area contributed by atoms with Gasteiger partial charge in [-0.3, -0.25) is 0 Å². The van der Waals surface area contributed by atoms with Crippen molar-refractivity contribution in [3.8, 4) is 0 Å². The van der Waals surface area contributed by atoms with Crippen molar-refractivity contribution < 1.29 is 82.0 Å². The fourth-order valence-corrected chi connectivity index (χ4v) is 1.94. The Morgan fingerprint density at radius 3 is 1.67 bits per heavy atom. The molecule has 0 aliphatic carbocycles. The molecule has 0 aliphatic rings. The number of unbranched alkanes of at least 4 members (excludes halogenated alkanes) is 2. The summed E-state index contributed by atoms with van der Waals surface area (Å²) in [7, 11) is -7.42. The van der Waals surface area contributed by atoms with Crippen LogP contribution in [0.25, 0.3) is 0 Å². The Bertz CT molecular complexity index is 510. The molecule has 14 heteroatoms. The van der Waals surface area contributed by atoms with Crippen LogP contribution in [0.3, 0.4) is 0 Å². The second-order valence-electron chi connectivity index (χ2n) is 4.71. The Hall–Kier alpha value is 0.280. The Labute approximate surface area is 154 Å². The van der Waals surface area contributed by atoms with Gasteiger partial charge in [-0.1, -0.05) is 26.2 Å². The normalized spacial score (nSPS) is 15.8. The van der Waals surface area contributed by atoms with E-state index in [9.17, 15) is 52.5 Å². The van der Waals surface area contributed by atoms with Crippen LogP contribution < -0.4 is 29.6 Å². The molecule has 140 valence electrons. The molecular formula is C10H12F9NaO3S. The summed E-state index contributed by atoms with van der Waals surface area (Å²) in [5.41, 5.74) is 0. The molecule has 0 fully saturated rings. The predicted molar refractivity (Wildman–Crippen MR) is 58.5 cm³/mol. The molecule has 0 radical (unpaired) electrons. The van der Waals surface area contributed by atoms with Crippen molar-refractivity contribution in [3.63, 3.8) is 0 Å². The summed E-state index contributed by atoms with van der Waals surface area (Å²) in [5, 5.41) is -7.06. The van der Waals surface area contributed by atoms with Gasteiger partial charge in [-0.15, -0.1) is 0 Å². The summed E-state index contributed by atoms with van der Waals surface area (Å²) in [5.74, 6) is -20.8. The van der Waals surface area contributed by atoms with Gasteiger partial charge in [0.15, 0.2) is 16.3 Å². The van der Waals surface area contributed by atoms with Crippen LogP contribution in [0.1, 0.15) is 32.6 Å². The predicted octanol–water partition coefficient (Wildman–Crippen LogP) is 0.953. The number of hydrogen-bond donors (Lipinski definition) is 0. The molecule has 1 unspecified atom stereocenters. The third-order valence-corrected chi connectivity index (χ3v) is 3.83. The van der Waals surface area contributed by atoms with Gasteiger partial charge in [-0.05, 0) is 6.42 Å². The molecule has 3 nitrogen and oxygen atoms in total. The summed E-state index contributed by atoms with van der Waals surface area (Å²) >= 11 is 0. The Balaban J connectivity index is 0. The van der Waals surface area contributed by atoms with Crippen LogP contribution in [0.2, 0.25) is 0 Å². The Morgan fingerprint density at radius 1 is 0.917 bits per heavy atom. The Kier molecular flexibility index (Phi) is 9.18. The number of alkyl halides is 9. The van der Waals surface area contributed by atoms with Gasteiger partial charge in [0.2, 0.25) is 0 Å². The maximum absolute atomic E-state index is 13.2. The molecule has 24 heavy (non-hydrogen) atoms.